The predicted octanol–water partition coefficient (Wildman–Crippen LogP) is 3.21. The first kappa shape index (κ1) is 15.3. The molecule has 0 saturated heterocycles. The molecule has 0 aliphatic heterocycles. The molecule has 4 nitrogen and oxygen atoms in total. The van der Waals surface area contributed by atoms with Crippen LogP contribution < -0.4 is 0 Å². The topological polar surface area (TPSA) is 69.9 Å². The molecule has 112 valence electrons. The second-order valence-electron chi connectivity index (χ2n) is 6.25. The molecule has 1 aromatic carbocycles. The number of rotatable bonds is 4. The zero-order chi connectivity index (χ0) is 15.5. The summed E-state index contributed by atoms with van der Waals surface area (Å²) in [5.41, 5.74) is 1.24. The Hall–Kier alpha value is -2.10. The van der Waals surface area contributed by atoms with E-state index in [4.69, 9.17) is 0 Å². The van der Waals surface area contributed by atoms with Crippen molar-refractivity contribution >= 4 is 12.0 Å². The fourth-order valence-electron chi connectivity index (χ4n) is 2.46. The maximum absolute atomic E-state index is 12.0. The minimum absolute atomic E-state index is 0.0443. The van der Waals surface area contributed by atoms with Crippen molar-refractivity contribution in [1.82, 2.24) is 0 Å². The second-order valence-corrected chi connectivity index (χ2v) is 6.25. The van der Waals surface area contributed by atoms with E-state index in [1.165, 1.54) is 6.21 Å². The predicted molar refractivity (Wildman–Crippen MR) is 82.8 cm³/mol. The minimum Gasteiger partial charge on any atom is -0.511 e. The first-order chi connectivity index (χ1) is 9.87. The summed E-state index contributed by atoms with van der Waals surface area (Å²) in [6.07, 6.45) is 3.17. The maximum Gasteiger partial charge on any atom is 0.168 e. The van der Waals surface area contributed by atoms with E-state index in [1.807, 2.05) is 26.0 Å². The molecule has 2 N–H and O–H groups in total. The first-order valence-corrected chi connectivity index (χ1v) is 7.10. The summed E-state index contributed by atoms with van der Waals surface area (Å²) < 4.78 is 0. The molecule has 0 atom stereocenters. The Labute approximate surface area is 124 Å². The highest BCUT2D eigenvalue weighted by Crippen LogP contribution is 2.35. The van der Waals surface area contributed by atoms with Crippen LogP contribution in [-0.2, 0) is 11.2 Å². The summed E-state index contributed by atoms with van der Waals surface area (Å²) in [5, 5.41) is 19.2. The highest BCUT2D eigenvalue weighted by molar-refractivity contribution is 6.14. The summed E-state index contributed by atoms with van der Waals surface area (Å²) >= 11 is 0. The lowest BCUT2D eigenvalue weighted by Crippen LogP contribution is -2.26. The van der Waals surface area contributed by atoms with Gasteiger partial charge in [0, 0.05) is 25.6 Å². The molecule has 1 aromatic rings. The Morgan fingerprint density at radius 2 is 1.86 bits per heavy atom. The normalized spacial score (nSPS) is 18.5. The molecule has 1 aliphatic rings. The third-order valence-corrected chi connectivity index (χ3v) is 3.58. The van der Waals surface area contributed by atoms with Gasteiger partial charge in [0.25, 0.3) is 0 Å². The molecule has 1 aliphatic carbocycles. The molecule has 21 heavy (non-hydrogen) atoms. The number of aliphatic hydroxyl groups is 1. The number of Topliss-reactive ketones (excluding diaryl/α,β-unsaturated/α-hetero) is 1. The summed E-state index contributed by atoms with van der Waals surface area (Å²) in [6, 6.07) is 6.96. The smallest absolute Gasteiger partial charge is 0.168 e. The van der Waals surface area contributed by atoms with Crippen LogP contribution in [-0.4, -0.2) is 28.8 Å². The number of hydrogen-bond donors (Lipinski definition) is 2. The maximum atomic E-state index is 12.0. The van der Waals surface area contributed by atoms with E-state index in [-0.39, 0.29) is 22.7 Å². The van der Waals surface area contributed by atoms with Gasteiger partial charge in [-0.25, -0.2) is 0 Å². The summed E-state index contributed by atoms with van der Waals surface area (Å²) in [4.78, 5) is 16.2. The van der Waals surface area contributed by atoms with Crippen LogP contribution in [0.5, 0.6) is 5.75 Å². The molecule has 0 amide bonds. The molecule has 4 heteroatoms. The monoisotopic (exact) mass is 287 g/mol. The molecule has 0 aromatic heterocycles. The number of ketones is 1. The Balaban J connectivity index is 1.95. The van der Waals surface area contributed by atoms with Gasteiger partial charge < -0.3 is 10.2 Å². The summed E-state index contributed by atoms with van der Waals surface area (Å²) in [5.74, 6) is 0.342. The van der Waals surface area contributed by atoms with Crippen LogP contribution in [0.2, 0.25) is 0 Å². The van der Waals surface area contributed by atoms with E-state index in [9.17, 15) is 15.0 Å². The zero-order valence-corrected chi connectivity index (χ0v) is 12.5. The molecule has 2 rings (SSSR count). The highest BCUT2D eigenvalue weighted by atomic mass is 16.3. The average molecular weight is 287 g/mol. The molecule has 0 heterocycles. The number of phenols is 1. The molecular formula is C17H21NO3. The van der Waals surface area contributed by atoms with E-state index in [1.54, 1.807) is 12.1 Å². The van der Waals surface area contributed by atoms with E-state index in [0.29, 0.717) is 25.0 Å². The van der Waals surface area contributed by atoms with E-state index in [0.717, 1.165) is 12.0 Å². The van der Waals surface area contributed by atoms with Gasteiger partial charge in [-0.05, 0) is 29.5 Å². The lowest BCUT2D eigenvalue weighted by Gasteiger charge is -2.28. The number of aromatic hydroxyl groups is 1. The molecule has 0 fully saturated rings. The van der Waals surface area contributed by atoms with Gasteiger partial charge in [0.15, 0.2) is 5.78 Å². The van der Waals surface area contributed by atoms with Gasteiger partial charge >= 0.3 is 0 Å². The van der Waals surface area contributed by atoms with Crippen molar-refractivity contribution in [2.24, 2.45) is 10.4 Å². The van der Waals surface area contributed by atoms with Crippen LogP contribution >= 0.6 is 0 Å². The molecule has 0 bridgehead atoms. The third kappa shape index (κ3) is 4.18. The van der Waals surface area contributed by atoms with Crippen LogP contribution in [0.25, 0.3) is 0 Å². The molecular weight excluding hydrogens is 266 g/mol. The molecule has 0 spiro atoms. The number of benzene rings is 1. The first-order valence-electron chi connectivity index (χ1n) is 7.10. The van der Waals surface area contributed by atoms with Gasteiger partial charge in [0.2, 0.25) is 0 Å². The van der Waals surface area contributed by atoms with Gasteiger partial charge in [-0.15, -0.1) is 0 Å². The van der Waals surface area contributed by atoms with Gasteiger partial charge in [-0.2, -0.15) is 0 Å². The SMILES string of the molecule is CC1(C)CC(=O)C(C=NCCc2ccc(O)cc2)=C(O)C1. The number of aliphatic hydroxyl groups excluding tert-OH is 1. The van der Waals surface area contributed by atoms with Crippen LogP contribution in [0.1, 0.15) is 32.3 Å². The van der Waals surface area contributed by atoms with Gasteiger partial charge in [-0.1, -0.05) is 26.0 Å². The Morgan fingerprint density at radius 3 is 2.48 bits per heavy atom. The lowest BCUT2D eigenvalue weighted by atomic mass is 9.77. The number of hydrogen-bond acceptors (Lipinski definition) is 4. The Bertz CT molecular complexity index is 583. The number of carbonyl (C=O) groups is 1. The molecule has 0 radical (unpaired) electrons. The Kier molecular flexibility index (Phi) is 4.46. The van der Waals surface area contributed by atoms with Crippen molar-refractivity contribution in [3.8, 4) is 5.75 Å². The fourth-order valence-corrected chi connectivity index (χ4v) is 2.46. The van der Waals surface area contributed by atoms with E-state index in [2.05, 4.69) is 4.99 Å². The number of phenolic OH excluding ortho intramolecular Hbond substituents is 1. The number of nitrogens with zero attached hydrogens (tertiary/aromatic N) is 1. The van der Waals surface area contributed by atoms with Crippen LogP contribution in [0.3, 0.4) is 0 Å². The van der Waals surface area contributed by atoms with E-state index < -0.39 is 0 Å². The van der Waals surface area contributed by atoms with Crippen LogP contribution in [0.4, 0.5) is 0 Å². The van der Waals surface area contributed by atoms with Gasteiger partial charge in [0.05, 0.1) is 5.57 Å². The quantitative estimate of drug-likeness (QED) is 0.835. The number of aliphatic imine (C=N–C) groups is 1. The lowest BCUT2D eigenvalue weighted by molar-refractivity contribution is -0.117. The average Bonchev–Trinajstić information content (AvgIpc) is 2.38. The molecule has 0 unspecified atom stereocenters. The van der Waals surface area contributed by atoms with Gasteiger partial charge in [-0.3, -0.25) is 9.79 Å². The largest absolute Gasteiger partial charge is 0.511 e. The standard InChI is InChI=1S/C17H21NO3/c1-17(2)9-15(20)14(16(21)10-17)11-18-8-7-12-3-5-13(19)6-4-12/h3-6,11,19-20H,7-10H2,1-2H3. The number of carbonyl (C=O) groups excluding carboxylic acids is 1. The minimum atomic E-state index is -0.176. The van der Waals surface area contributed by atoms with Crippen molar-refractivity contribution in [2.45, 2.75) is 33.1 Å². The highest BCUT2D eigenvalue weighted by Gasteiger charge is 2.32. The molecule has 0 saturated carbocycles. The third-order valence-electron chi connectivity index (χ3n) is 3.58. The fraction of sp³-hybridized carbons (Fsp3) is 0.412. The van der Waals surface area contributed by atoms with Crippen LogP contribution in [0.15, 0.2) is 40.6 Å². The van der Waals surface area contributed by atoms with Crippen molar-refractivity contribution < 1.29 is 15.0 Å². The van der Waals surface area contributed by atoms with Crippen molar-refractivity contribution in [1.29, 1.82) is 0 Å². The second kappa shape index (κ2) is 6.12. The Morgan fingerprint density at radius 1 is 1.19 bits per heavy atom. The zero-order valence-electron chi connectivity index (χ0n) is 12.5. The van der Waals surface area contributed by atoms with Crippen molar-refractivity contribution in [2.75, 3.05) is 6.54 Å². The van der Waals surface area contributed by atoms with Crippen LogP contribution in [0, 0.1) is 5.41 Å². The summed E-state index contributed by atoms with van der Waals surface area (Å²) in [7, 11) is 0. The number of allylic oxidation sites excluding steroid dienone is 2. The van der Waals surface area contributed by atoms with E-state index >= 15 is 0 Å². The summed E-state index contributed by atoms with van der Waals surface area (Å²) in [6.45, 7) is 4.48. The van der Waals surface area contributed by atoms with Crippen molar-refractivity contribution in [3.63, 3.8) is 0 Å². The van der Waals surface area contributed by atoms with Gasteiger partial charge in [0.1, 0.15) is 11.5 Å². The van der Waals surface area contributed by atoms with Crippen molar-refractivity contribution in [3.05, 3.63) is 41.2 Å².